The van der Waals surface area contributed by atoms with E-state index in [1.54, 1.807) is 6.92 Å². The molecule has 1 aromatic carbocycles. The van der Waals surface area contributed by atoms with Gasteiger partial charge in [-0.15, -0.1) is 16.7 Å². The fourth-order valence-electron chi connectivity index (χ4n) is 1.24. The molecule has 2 aromatic rings. The summed E-state index contributed by atoms with van der Waals surface area (Å²) < 4.78 is 6.36. The van der Waals surface area contributed by atoms with E-state index in [0.29, 0.717) is 11.9 Å². The Labute approximate surface area is 113 Å². The van der Waals surface area contributed by atoms with E-state index in [1.807, 2.05) is 25.1 Å². The number of hydrogen-bond acceptors (Lipinski definition) is 4. The number of halogens is 2. The Morgan fingerprint density at radius 1 is 1.41 bits per heavy atom. The number of nitrogens with one attached hydrogen (secondary N) is 1. The third-order valence-electron chi connectivity index (χ3n) is 2.20. The number of aryl methyl sites for hydroxylation is 1. The molecule has 2 rings (SSSR count). The number of anilines is 2. The zero-order chi connectivity index (χ0) is 12.4. The van der Waals surface area contributed by atoms with Crippen LogP contribution in [0.1, 0.15) is 23.8 Å². The van der Waals surface area contributed by atoms with Crippen molar-refractivity contribution in [3.63, 3.8) is 0 Å². The lowest BCUT2D eigenvalue weighted by atomic mass is 10.2. The molecule has 0 bridgehead atoms. The second kappa shape index (κ2) is 5.06. The molecule has 0 saturated heterocycles. The largest absolute Gasteiger partial charge is 0.406 e. The molecular formula is C11H11BrClN3O. The number of hydrogen-bond donors (Lipinski definition) is 1. The van der Waals surface area contributed by atoms with Crippen molar-refractivity contribution in [1.82, 2.24) is 10.2 Å². The van der Waals surface area contributed by atoms with Crippen molar-refractivity contribution in [3.05, 3.63) is 34.1 Å². The third-order valence-corrected chi connectivity index (χ3v) is 3.25. The van der Waals surface area contributed by atoms with Gasteiger partial charge in [0.2, 0.25) is 5.89 Å². The van der Waals surface area contributed by atoms with Crippen LogP contribution in [0.25, 0.3) is 0 Å². The molecule has 17 heavy (non-hydrogen) atoms. The summed E-state index contributed by atoms with van der Waals surface area (Å²) in [5.41, 5.74) is 2.04. The molecule has 1 atom stereocenters. The van der Waals surface area contributed by atoms with Crippen molar-refractivity contribution in [2.24, 2.45) is 0 Å². The summed E-state index contributed by atoms with van der Waals surface area (Å²) >= 11 is 9.29. The summed E-state index contributed by atoms with van der Waals surface area (Å²) in [5.74, 6) is 0.403. The summed E-state index contributed by atoms with van der Waals surface area (Å²) in [6.45, 7) is 3.80. The van der Waals surface area contributed by atoms with Gasteiger partial charge in [-0.25, -0.2) is 0 Å². The minimum atomic E-state index is -0.289. The molecule has 0 saturated carbocycles. The van der Waals surface area contributed by atoms with E-state index < -0.39 is 0 Å². The van der Waals surface area contributed by atoms with Gasteiger partial charge in [0.05, 0.1) is 0 Å². The van der Waals surface area contributed by atoms with Gasteiger partial charge < -0.3 is 9.73 Å². The molecule has 0 aliphatic heterocycles. The Morgan fingerprint density at radius 2 is 2.18 bits per heavy atom. The maximum atomic E-state index is 5.83. The van der Waals surface area contributed by atoms with E-state index in [2.05, 4.69) is 31.4 Å². The second-order valence-electron chi connectivity index (χ2n) is 3.65. The van der Waals surface area contributed by atoms with Gasteiger partial charge in [-0.2, -0.15) is 0 Å². The standard InChI is InChI=1S/C11H11BrClN3O/c1-6-3-4-8(5-9(6)12)14-11-16-15-10(17-11)7(2)13/h3-5,7H,1-2H3,(H,14,16). The highest BCUT2D eigenvalue weighted by Gasteiger charge is 2.11. The molecule has 6 heteroatoms. The Hall–Kier alpha value is -1.07. The Kier molecular flexibility index (Phi) is 3.69. The predicted molar refractivity (Wildman–Crippen MR) is 70.7 cm³/mol. The van der Waals surface area contributed by atoms with Crippen LogP contribution in [0.5, 0.6) is 0 Å². The van der Waals surface area contributed by atoms with Crippen molar-refractivity contribution in [1.29, 1.82) is 0 Å². The van der Waals surface area contributed by atoms with Crippen molar-refractivity contribution < 1.29 is 4.42 Å². The first-order valence-corrected chi connectivity index (χ1v) is 6.30. The van der Waals surface area contributed by atoms with Crippen molar-refractivity contribution in [3.8, 4) is 0 Å². The maximum Gasteiger partial charge on any atom is 0.320 e. The van der Waals surface area contributed by atoms with Crippen molar-refractivity contribution in [2.45, 2.75) is 19.2 Å². The molecule has 0 amide bonds. The van der Waals surface area contributed by atoms with Crippen molar-refractivity contribution >= 4 is 39.2 Å². The van der Waals surface area contributed by atoms with Gasteiger partial charge in [0, 0.05) is 10.2 Å². The average Bonchev–Trinajstić information content (AvgIpc) is 2.72. The van der Waals surface area contributed by atoms with E-state index in [-0.39, 0.29) is 5.38 Å². The summed E-state index contributed by atoms with van der Waals surface area (Å²) in [7, 11) is 0. The average molecular weight is 317 g/mol. The minimum absolute atomic E-state index is 0.289. The fraction of sp³-hybridized carbons (Fsp3) is 0.273. The lowest BCUT2D eigenvalue weighted by Crippen LogP contribution is -1.90. The summed E-state index contributed by atoms with van der Waals surface area (Å²) in [6, 6.07) is 6.22. The van der Waals surface area contributed by atoms with E-state index in [9.17, 15) is 0 Å². The molecule has 0 radical (unpaired) electrons. The van der Waals surface area contributed by atoms with E-state index in [1.165, 1.54) is 0 Å². The second-order valence-corrected chi connectivity index (χ2v) is 5.16. The zero-order valence-corrected chi connectivity index (χ0v) is 11.7. The lowest BCUT2D eigenvalue weighted by molar-refractivity contribution is 0.510. The first kappa shape index (κ1) is 12.4. The molecular weight excluding hydrogens is 305 g/mol. The Balaban J connectivity index is 2.16. The lowest BCUT2D eigenvalue weighted by Gasteiger charge is -2.03. The Morgan fingerprint density at radius 3 is 2.76 bits per heavy atom. The molecule has 1 unspecified atom stereocenters. The smallest absolute Gasteiger partial charge is 0.320 e. The van der Waals surface area contributed by atoms with E-state index >= 15 is 0 Å². The molecule has 1 heterocycles. The molecule has 0 spiro atoms. The number of aromatic nitrogens is 2. The van der Waals surface area contributed by atoms with Crippen LogP contribution in [0.4, 0.5) is 11.7 Å². The number of alkyl halides is 1. The van der Waals surface area contributed by atoms with Crippen molar-refractivity contribution in [2.75, 3.05) is 5.32 Å². The summed E-state index contributed by atoms with van der Waals surface area (Å²) in [4.78, 5) is 0. The van der Waals surface area contributed by atoms with Crippen LogP contribution in [0, 0.1) is 6.92 Å². The molecule has 4 nitrogen and oxygen atoms in total. The van der Waals surface area contributed by atoms with Gasteiger partial charge >= 0.3 is 6.01 Å². The van der Waals surface area contributed by atoms with Crippen LogP contribution in [0.15, 0.2) is 27.1 Å². The number of rotatable bonds is 3. The first-order chi connectivity index (χ1) is 8.06. The topological polar surface area (TPSA) is 51.0 Å². The highest BCUT2D eigenvalue weighted by atomic mass is 79.9. The monoisotopic (exact) mass is 315 g/mol. The highest BCUT2D eigenvalue weighted by Crippen LogP contribution is 2.24. The van der Waals surface area contributed by atoms with Gasteiger partial charge in [-0.3, -0.25) is 0 Å². The summed E-state index contributed by atoms with van der Waals surface area (Å²) in [6.07, 6.45) is 0. The first-order valence-electron chi connectivity index (χ1n) is 5.07. The highest BCUT2D eigenvalue weighted by molar-refractivity contribution is 9.10. The molecule has 0 fully saturated rings. The van der Waals surface area contributed by atoms with Crippen LogP contribution < -0.4 is 5.32 Å². The molecule has 0 aliphatic rings. The molecule has 0 aliphatic carbocycles. The van der Waals surface area contributed by atoms with Gasteiger partial charge in [0.25, 0.3) is 0 Å². The fourth-order valence-corrected chi connectivity index (χ4v) is 1.71. The SMILES string of the molecule is Cc1ccc(Nc2nnc(C(C)Cl)o2)cc1Br. The van der Waals surface area contributed by atoms with Gasteiger partial charge in [-0.05, 0) is 31.5 Å². The third kappa shape index (κ3) is 2.98. The molecule has 90 valence electrons. The van der Waals surface area contributed by atoms with Crippen LogP contribution in [0.3, 0.4) is 0 Å². The maximum absolute atomic E-state index is 5.83. The predicted octanol–water partition coefficient (Wildman–Crippen LogP) is 4.18. The van der Waals surface area contributed by atoms with E-state index in [4.69, 9.17) is 16.0 Å². The normalized spacial score (nSPS) is 12.5. The van der Waals surface area contributed by atoms with Gasteiger partial charge in [0.1, 0.15) is 5.38 Å². The van der Waals surface area contributed by atoms with Gasteiger partial charge in [-0.1, -0.05) is 27.1 Å². The van der Waals surface area contributed by atoms with Crippen LogP contribution in [-0.4, -0.2) is 10.2 Å². The Bertz CT molecular complexity index is 527. The molecule has 1 aromatic heterocycles. The minimum Gasteiger partial charge on any atom is -0.406 e. The van der Waals surface area contributed by atoms with E-state index in [0.717, 1.165) is 15.7 Å². The van der Waals surface area contributed by atoms with Gasteiger partial charge in [0.15, 0.2) is 0 Å². The van der Waals surface area contributed by atoms with Crippen LogP contribution in [0.2, 0.25) is 0 Å². The number of nitrogens with zero attached hydrogens (tertiary/aromatic N) is 2. The van der Waals surface area contributed by atoms with Crippen LogP contribution >= 0.6 is 27.5 Å². The molecule has 1 N–H and O–H groups in total. The quantitative estimate of drug-likeness (QED) is 0.863. The van der Waals surface area contributed by atoms with Crippen LogP contribution in [-0.2, 0) is 0 Å². The number of benzene rings is 1. The zero-order valence-electron chi connectivity index (χ0n) is 9.37. The summed E-state index contributed by atoms with van der Waals surface area (Å²) in [5, 5.41) is 10.4.